The van der Waals surface area contributed by atoms with E-state index >= 15 is 0 Å². The van der Waals surface area contributed by atoms with Crippen LogP contribution in [-0.4, -0.2) is 32.7 Å². The molecule has 3 aromatic rings. The Morgan fingerprint density at radius 3 is 2.70 bits per heavy atom. The van der Waals surface area contributed by atoms with Crippen molar-refractivity contribution in [2.45, 2.75) is 44.1 Å². The van der Waals surface area contributed by atoms with Crippen molar-refractivity contribution in [3.63, 3.8) is 0 Å². The Balaban J connectivity index is 1.87. The molecule has 0 saturated carbocycles. The van der Waals surface area contributed by atoms with Gasteiger partial charge in [0.25, 0.3) is 0 Å². The van der Waals surface area contributed by atoms with Gasteiger partial charge in [-0.2, -0.15) is 0 Å². The Morgan fingerprint density at radius 2 is 2.00 bits per heavy atom. The summed E-state index contributed by atoms with van der Waals surface area (Å²) >= 11 is 2.90. The summed E-state index contributed by atoms with van der Waals surface area (Å²) < 4.78 is 14.7. The lowest BCUT2D eigenvalue weighted by atomic mass is 10.0. The number of nitrogens with zero attached hydrogens (tertiary/aromatic N) is 3. The smallest absolute Gasteiger partial charge is 0.191 e. The van der Waals surface area contributed by atoms with Crippen LogP contribution in [0.4, 0.5) is 10.2 Å². The zero-order chi connectivity index (χ0) is 19.4. The first-order valence-corrected chi connectivity index (χ1v) is 10.6. The molecule has 0 aliphatic carbocycles. The maximum absolute atomic E-state index is 13.9. The fourth-order valence-electron chi connectivity index (χ4n) is 2.77. The topological polar surface area (TPSA) is 70.9 Å². The van der Waals surface area contributed by atoms with Crippen LogP contribution in [0.15, 0.2) is 29.4 Å². The summed E-state index contributed by atoms with van der Waals surface area (Å²) in [5.74, 6) is 1.34. The Hall–Kier alpha value is -1.77. The lowest BCUT2D eigenvalue weighted by molar-refractivity contribution is 0.259. The summed E-state index contributed by atoms with van der Waals surface area (Å²) in [6, 6.07) is 6.62. The van der Waals surface area contributed by atoms with Gasteiger partial charge in [0.1, 0.15) is 10.5 Å². The van der Waals surface area contributed by atoms with Gasteiger partial charge >= 0.3 is 0 Å². The van der Waals surface area contributed by atoms with Crippen molar-refractivity contribution in [3.05, 3.63) is 40.7 Å². The molecule has 0 bridgehead atoms. The van der Waals surface area contributed by atoms with Crippen molar-refractivity contribution in [1.29, 1.82) is 0 Å². The predicted octanol–water partition coefficient (Wildman–Crippen LogP) is 4.65. The molecule has 8 heteroatoms. The van der Waals surface area contributed by atoms with E-state index in [1.807, 2.05) is 13.0 Å². The molecule has 0 aliphatic rings. The first kappa shape index (κ1) is 20.0. The van der Waals surface area contributed by atoms with E-state index in [9.17, 15) is 9.50 Å². The number of aliphatic hydroxyl groups excluding tert-OH is 1. The third-order valence-corrected chi connectivity index (χ3v) is 5.83. The second kappa shape index (κ2) is 8.95. The second-order valence-electron chi connectivity index (χ2n) is 6.77. The fourth-order valence-corrected chi connectivity index (χ4v) is 4.41. The van der Waals surface area contributed by atoms with Crippen LogP contribution in [0.2, 0.25) is 0 Å². The number of thiazole rings is 1. The van der Waals surface area contributed by atoms with Crippen LogP contribution in [0, 0.1) is 18.7 Å². The van der Waals surface area contributed by atoms with E-state index in [2.05, 4.69) is 34.1 Å². The molecule has 144 valence electrons. The van der Waals surface area contributed by atoms with Crippen LogP contribution in [0.3, 0.4) is 0 Å². The van der Waals surface area contributed by atoms with Gasteiger partial charge in [-0.25, -0.2) is 19.3 Å². The standard InChI is InChI=1S/C19H23FN4OS2/c1-11(2)8-14(9-25)22-18-16-17(21-12(3)27-16)23-19(24-18)26-10-13-6-4-5-7-15(13)20/h4-7,11,14,25H,8-10H2,1-3H3,(H,22,23,24)/t14-/m1/s1/i20-1. The first-order chi connectivity index (χ1) is 13.0. The number of halogens is 1. The van der Waals surface area contributed by atoms with Gasteiger partial charge in [0.05, 0.1) is 17.7 Å². The van der Waals surface area contributed by atoms with Crippen LogP contribution in [0.1, 0.15) is 30.8 Å². The maximum atomic E-state index is 13.9. The third kappa shape index (κ3) is 5.15. The summed E-state index contributed by atoms with van der Waals surface area (Å²) in [6.45, 7) is 6.19. The van der Waals surface area contributed by atoms with Crippen LogP contribution in [-0.2, 0) is 5.75 Å². The van der Waals surface area contributed by atoms with E-state index in [1.54, 1.807) is 12.1 Å². The van der Waals surface area contributed by atoms with Gasteiger partial charge in [0.15, 0.2) is 16.6 Å². The molecule has 0 radical (unpaired) electrons. The van der Waals surface area contributed by atoms with Gasteiger partial charge < -0.3 is 10.4 Å². The molecule has 0 fully saturated rings. The molecule has 0 amide bonds. The van der Waals surface area contributed by atoms with Gasteiger partial charge in [-0.3, -0.25) is 0 Å². The molecule has 0 spiro atoms. The average molecular weight is 406 g/mol. The van der Waals surface area contributed by atoms with Gasteiger partial charge in [0, 0.05) is 5.75 Å². The molecular weight excluding hydrogens is 382 g/mol. The van der Waals surface area contributed by atoms with E-state index in [-0.39, 0.29) is 18.5 Å². The molecule has 2 aromatic heterocycles. The number of rotatable bonds is 8. The minimum Gasteiger partial charge on any atom is -0.394 e. The van der Waals surface area contributed by atoms with Gasteiger partial charge in [0.2, 0.25) is 0 Å². The minimum atomic E-state index is -0.230. The number of aliphatic hydroxyl groups is 1. The molecule has 0 aliphatic heterocycles. The van der Waals surface area contributed by atoms with E-state index in [1.165, 1.54) is 29.2 Å². The Bertz CT molecular complexity index is 916. The van der Waals surface area contributed by atoms with Gasteiger partial charge in [-0.15, -0.1) is 11.3 Å². The van der Waals surface area contributed by atoms with Crippen LogP contribution in [0.5, 0.6) is 0 Å². The number of hydrogen-bond acceptors (Lipinski definition) is 7. The van der Waals surface area contributed by atoms with Crippen LogP contribution < -0.4 is 5.32 Å². The summed E-state index contributed by atoms with van der Waals surface area (Å²) in [4.78, 5) is 13.6. The SMILES string of the molecule is Cc1nc2nc(SCc3ccccc3[18F])nc(N[C@@H](CO)CC(C)C)c2s1. The van der Waals surface area contributed by atoms with Crippen LogP contribution >= 0.6 is 23.1 Å². The zero-order valence-electron chi connectivity index (χ0n) is 15.6. The van der Waals surface area contributed by atoms with Crippen LogP contribution in [0.25, 0.3) is 10.3 Å². The zero-order valence-corrected chi connectivity index (χ0v) is 17.2. The van der Waals surface area contributed by atoms with Crippen molar-refractivity contribution < 1.29 is 9.50 Å². The monoisotopic (exact) mass is 405 g/mol. The summed E-state index contributed by atoms with van der Waals surface area (Å²) in [6.07, 6.45) is 0.831. The third-order valence-electron chi connectivity index (χ3n) is 3.97. The van der Waals surface area contributed by atoms with E-state index in [0.29, 0.717) is 33.9 Å². The number of anilines is 1. The van der Waals surface area contributed by atoms with Crippen molar-refractivity contribution >= 4 is 39.3 Å². The highest BCUT2D eigenvalue weighted by molar-refractivity contribution is 7.98. The number of hydrogen-bond donors (Lipinski definition) is 2. The summed E-state index contributed by atoms with van der Waals surface area (Å²) in [5, 5.41) is 14.5. The molecule has 2 N–H and O–H groups in total. The minimum absolute atomic E-state index is 0.0269. The van der Waals surface area contributed by atoms with Crippen molar-refractivity contribution in [2.75, 3.05) is 11.9 Å². The predicted molar refractivity (Wildman–Crippen MR) is 110 cm³/mol. The molecule has 3 rings (SSSR count). The van der Waals surface area contributed by atoms with Crippen molar-refractivity contribution in [3.8, 4) is 0 Å². The first-order valence-electron chi connectivity index (χ1n) is 8.85. The van der Waals surface area contributed by atoms with Gasteiger partial charge in [-0.05, 0) is 30.9 Å². The molecular formula is C19H23FN4OS2. The quantitative estimate of drug-likeness (QED) is 0.420. The molecule has 27 heavy (non-hydrogen) atoms. The molecule has 0 unspecified atom stereocenters. The highest BCUT2D eigenvalue weighted by Crippen LogP contribution is 2.31. The largest absolute Gasteiger partial charge is 0.394 e. The molecule has 1 aromatic carbocycles. The van der Waals surface area contributed by atoms with Gasteiger partial charge in [-0.1, -0.05) is 43.8 Å². The number of nitrogens with one attached hydrogen (secondary N) is 1. The highest BCUT2D eigenvalue weighted by Gasteiger charge is 2.17. The Morgan fingerprint density at radius 1 is 1.22 bits per heavy atom. The normalized spacial score (nSPS) is 12.7. The van der Waals surface area contributed by atoms with E-state index < -0.39 is 0 Å². The number of fused-ring (bicyclic) bond motifs is 1. The van der Waals surface area contributed by atoms with Crippen molar-refractivity contribution in [1.82, 2.24) is 15.0 Å². The molecule has 2 heterocycles. The maximum Gasteiger partial charge on any atom is 0.191 e. The Labute approximate surface area is 166 Å². The van der Waals surface area contributed by atoms with E-state index in [4.69, 9.17) is 0 Å². The average Bonchev–Trinajstić information content (AvgIpc) is 3.00. The lowest BCUT2D eigenvalue weighted by Crippen LogP contribution is -2.26. The second-order valence-corrected chi connectivity index (χ2v) is 8.92. The molecule has 1 atom stereocenters. The van der Waals surface area contributed by atoms with Crippen molar-refractivity contribution in [2.24, 2.45) is 5.92 Å². The molecule has 0 saturated heterocycles. The fraction of sp³-hybridized carbons (Fsp3) is 0.421. The number of thioether (sulfide) groups is 1. The number of aryl methyl sites for hydroxylation is 1. The summed E-state index contributed by atoms with van der Waals surface area (Å²) in [7, 11) is 0. The highest BCUT2D eigenvalue weighted by atomic mass is 32.2. The molecule has 5 nitrogen and oxygen atoms in total. The number of aromatic nitrogens is 3. The number of benzene rings is 1. The van der Waals surface area contributed by atoms with E-state index in [0.717, 1.165) is 16.1 Å². The lowest BCUT2D eigenvalue weighted by Gasteiger charge is -2.19. The summed E-state index contributed by atoms with van der Waals surface area (Å²) in [5.41, 5.74) is 1.25. The Kier molecular flexibility index (Phi) is 6.62.